The first-order valence-corrected chi connectivity index (χ1v) is 6.75. The number of hydrogen-bond donors (Lipinski definition) is 1. The van der Waals surface area contributed by atoms with Crippen LogP contribution >= 0.6 is 0 Å². The highest BCUT2D eigenvalue weighted by Gasteiger charge is 2.29. The van der Waals surface area contributed by atoms with Crippen LogP contribution in [0.15, 0.2) is 18.2 Å². The molecule has 0 aliphatic carbocycles. The number of nitrogens with zero attached hydrogens (tertiary/aromatic N) is 2. The number of nitro groups is 1. The van der Waals surface area contributed by atoms with Crippen LogP contribution in [0.4, 0.5) is 11.4 Å². The lowest BCUT2D eigenvalue weighted by atomic mass is 9.92. The van der Waals surface area contributed by atoms with E-state index in [1.54, 1.807) is 11.0 Å². The van der Waals surface area contributed by atoms with Crippen molar-refractivity contribution in [2.45, 2.75) is 32.7 Å². The van der Waals surface area contributed by atoms with E-state index in [-0.39, 0.29) is 28.9 Å². The number of para-hydroxylation sites is 1. The van der Waals surface area contributed by atoms with Gasteiger partial charge in [0.15, 0.2) is 0 Å². The molecule has 1 saturated heterocycles. The molecule has 0 spiro atoms. The lowest BCUT2D eigenvalue weighted by Crippen LogP contribution is -2.44. The molecule has 6 nitrogen and oxygen atoms in total. The van der Waals surface area contributed by atoms with Gasteiger partial charge in [-0.15, -0.1) is 0 Å². The molecule has 108 valence electrons. The minimum Gasteiger partial charge on any atom is -0.393 e. The molecule has 2 atom stereocenters. The Hall–Kier alpha value is -2.11. The number of benzene rings is 1. The third-order valence-electron chi connectivity index (χ3n) is 3.91. The number of carbonyl (C=O) groups excluding carboxylic acids is 1. The Morgan fingerprint density at radius 3 is 2.75 bits per heavy atom. The van der Waals surface area contributed by atoms with E-state index >= 15 is 0 Å². The Kier molecular flexibility index (Phi) is 3.92. The van der Waals surface area contributed by atoms with E-state index in [2.05, 4.69) is 6.92 Å². The standard InChI is InChI=1S/C14H19N3O3/c1-9-6-7-16(10(2)8-9)14(18)11-4-3-5-12(13(11)15)17(19)20/h3-5,9-10H,6-8,15H2,1-2H3. The van der Waals surface area contributed by atoms with Gasteiger partial charge in [-0.1, -0.05) is 13.0 Å². The third kappa shape index (κ3) is 2.59. The van der Waals surface area contributed by atoms with Gasteiger partial charge < -0.3 is 10.6 Å². The van der Waals surface area contributed by atoms with Crippen molar-refractivity contribution in [3.63, 3.8) is 0 Å². The highest BCUT2D eigenvalue weighted by atomic mass is 16.6. The van der Waals surface area contributed by atoms with E-state index in [9.17, 15) is 14.9 Å². The molecule has 0 radical (unpaired) electrons. The van der Waals surface area contributed by atoms with E-state index in [4.69, 9.17) is 5.73 Å². The number of hydrogen-bond acceptors (Lipinski definition) is 4. The summed E-state index contributed by atoms with van der Waals surface area (Å²) in [5, 5.41) is 10.9. The fourth-order valence-electron chi connectivity index (χ4n) is 2.76. The summed E-state index contributed by atoms with van der Waals surface area (Å²) >= 11 is 0. The van der Waals surface area contributed by atoms with Crippen molar-refractivity contribution in [3.05, 3.63) is 33.9 Å². The normalized spacial score (nSPS) is 22.6. The highest BCUT2D eigenvalue weighted by Crippen LogP contribution is 2.29. The van der Waals surface area contributed by atoms with Crippen LogP contribution in [0.3, 0.4) is 0 Å². The molecule has 20 heavy (non-hydrogen) atoms. The van der Waals surface area contributed by atoms with Crippen LogP contribution in [0, 0.1) is 16.0 Å². The lowest BCUT2D eigenvalue weighted by molar-refractivity contribution is -0.383. The number of amides is 1. The fraction of sp³-hybridized carbons (Fsp3) is 0.500. The zero-order chi connectivity index (χ0) is 14.9. The smallest absolute Gasteiger partial charge is 0.292 e. The average molecular weight is 277 g/mol. The summed E-state index contributed by atoms with van der Waals surface area (Å²) in [6.07, 6.45) is 1.89. The number of likely N-dealkylation sites (tertiary alicyclic amines) is 1. The molecule has 1 aliphatic heterocycles. The highest BCUT2D eigenvalue weighted by molar-refractivity contribution is 6.01. The molecule has 1 aromatic carbocycles. The minimum atomic E-state index is -0.562. The van der Waals surface area contributed by atoms with Gasteiger partial charge in [-0.2, -0.15) is 0 Å². The molecular formula is C14H19N3O3. The SMILES string of the molecule is CC1CCN(C(=O)c2cccc([N+](=O)[O-])c2N)C(C)C1. The summed E-state index contributed by atoms with van der Waals surface area (Å²) in [7, 11) is 0. The molecule has 2 N–H and O–H groups in total. The molecule has 6 heteroatoms. The van der Waals surface area contributed by atoms with Gasteiger partial charge in [-0.25, -0.2) is 0 Å². The van der Waals surface area contributed by atoms with Gasteiger partial charge in [0.2, 0.25) is 0 Å². The van der Waals surface area contributed by atoms with Crippen molar-refractivity contribution in [1.29, 1.82) is 0 Å². The first kappa shape index (κ1) is 14.3. The van der Waals surface area contributed by atoms with Crippen molar-refractivity contribution in [2.24, 2.45) is 5.92 Å². The Bertz CT molecular complexity index is 544. The predicted octanol–water partition coefficient (Wildman–Crippen LogP) is 2.44. The van der Waals surface area contributed by atoms with Gasteiger partial charge >= 0.3 is 0 Å². The number of carbonyl (C=O) groups is 1. The van der Waals surface area contributed by atoms with Crippen LogP contribution in [-0.4, -0.2) is 28.3 Å². The monoisotopic (exact) mass is 277 g/mol. The van der Waals surface area contributed by atoms with Crippen LogP contribution in [0.2, 0.25) is 0 Å². The van der Waals surface area contributed by atoms with Crippen LogP contribution in [0.5, 0.6) is 0 Å². The van der Waals surface area contributed by atoms with Gasteiger partial charge in [0, 0.05) is 18.7 Å². The molecule has 1 heterocycles. The van der Waals surface area contributed by atoms with E-state index in [0.717, 1.165) is 12.8 Å². The number of rotatable bonds is 2. The van der Waals surface area contributed by atoms with Gasteiger partial charge in [0.25, 0.3) is 11.6 Å². The molecule has 1 aromatic rings. The lowest BCUT2D eigenvalue weighted by Gasteiger charge is -2.36. The molecule has 2 rings (SSSR count). The summed E-state index contributed by atoms with van der Waals surface area (Å²) in [6.45, 7) is 4.84. The number of anilines is 1. The molecule has 2 unspecified atom stereocenters. The summed E-state index contributed by atoms with van der Waals surface area (Å²) in [5.41, 5.74) is 5.74. The molecule has 0 bridgehead atoms. The van der Waals surface area contributed by atoms with Gasteiger partial charge in [-0.05, 0) is 31.7 Å². The largest absolute Gasteiger partial charge is 0.393 e. The van der Waals surface area contributed by atoms with Crippen LogP contribution in [0.1, 0.15) is 37.0 Å². The van der Waals surface area contributed by atoms with Crippen molar-refractivity contribution >= 4 is 17.3 Å². The van der Waals surface area contributed by atoms with Gasteiger partial charge in [0.05, 0.1) is 10.5 Å². The maximum atomic E-state index is 12.5. The van der Waals surface area contributed by atoms with Gasteiger partial charge in [-0.3, -0.25) is 14.9 Å². The Labute approximate surface area is 117 Å². The Morgan fingerprint density at radius 2 is 2.15 bits per heavy atom. The van der Waals surface area contributed by atoms with E-state index in [0.29, 0.717) is 12.5 Å². The number of nitro benzene ring substituents is 1. The summed E-state index contributed by atoms with van der Waals surface area (Å²) in [6, 6.07) is 4.49. The molecule has 1 amide bonds. The molecule has 0 aromatic heterocycles. The molecule has 1 fully saturated rings. The number of piperidine rings is 1. The van der Waals surface area contributed by atoms with Crippen LogP contribution < -0.4 is 5.73 Å². The van der Waals surface area contributed by atoms with Crippen molar-refractivity contribution in [2.75, 3.05) is 12.3 Å². The Morgan fingerprint density at radius 1 is 1.45 bits per heavy atom. The van der Waals surface area contributed by atoms with Crippen molar-refractivity contribution in [1.82, 2.24) is 4.90 Å². The third-order valence-corrected chi connectivity index (χ3v) is 3.91. The summed E-state index contributed by atoms with van der Waals surface area (Å²) in [5.74, 6) is 0.377. The second-order valence-corrected chi connectivity index (χ2v) is 5.47. The minimum absolute atomic E-state index is 0.0479. The summed E-state index contributed by atoms with van der Waals surface area (Å²) < 4.78 is 0. The molecular weight excluding hydrogens is 258 g/mol. The predicted molar refractivity (Wildman–Crippen MR) is 76.4 cm³/mol. The maximum Gasteiger partial charge on any atom is 0.292 e. The average Bonchev–Trinajstić information content (AvgIpc) is 2.38. The molecule has 0 saturated carbocycles. The van der Waals surface area contributed by atoms with E-state index in [1.165, 1.54) is 12.1 Å². The van der Waals surface area contributed by atoms with Crippen LogP contribution in [0.25, 0.3) is 0 Å². The zero-order valence-electron chi connectivity index (χ0n) is 11.7. The fourth-order valence-corrected chi connectivity index (χ4v) is 2.76. The number of nitrogens with two attached hydrogens (primary N) is 1. The van der Waals surface area contributed by atoms with Crippen molar-refractivity contribution < 1.29 is 9.72 Å². The first-order valence-electron chi connectivity index (χ1n) is 6.75. The second-order valence-electron chi connectivity index (χ2n) is 5.47. The topological polar surface area (TPSA) is 89.5 Å². The van der Waals surface area contributed by atoms with E-state index < -0.39 is 4.92 Å². The zero-order valence-corrected chi connectivity index (χ0v) is 11.7. The maximum absolute atomic E-state index is 12.5. The van der Waals surface area contributed by atoms with E-state index in [1.807, 2.05) is 6.92 Å². The quantitative estimate of drug-likeness (QED) is 0.510. The van der Waals surface area contributed by atoms with Crippen molar-refractivity contribution in [3.8, 4) is 0 Å². The molecule has 1 aliphatic rings. The second kappa shape index (κ2) is 5.48. The first-order chi connectivity index (χ1) is 9.41. The summed E-state index contributed by atoms with van der Waals surface area (Å²) in [4.78, 5) is 24.6. The Balaban J connectivity index is 2.30. The van der Waals surface area contributed by atoms with Gasteiger partial charge in [0.1, 0.15) is 5.69 Å². The number of nitrogen functional groups attached to an aromatic ring is 1. The van der Waals surface area contributed by atoms with Crippen LogP contribution in [-0.2, 0) is 0 Å².